The van der Waals surface area contributed by atoms with Crippen LogP contribution >= 0.6 is 11.6 Å². The number of nitrogens with one attached hydrogen (secondary N) is 1. The van der Waals surface area contributed by atoms with Gasteiger partial charge in [0, 0.05) is 10.6 Å². The van der Waals surface area contributed by atoms with Gasteiger partial charge in [-0.2, -0.15) is 5.26 Å². The predicted molar refractivity (Wildman–Crippen MR) is 77.0 cm³/mol. The van der Waals surface area contributed by atoms with E-state index in [4.69, 9.17) is 16.9 Å². The molecule has 1 N–H and O–H groups in total. The van der Waals surface area contributed by atoms with Crippen molar-refractivity contribution in [2.75, 3.05) is 0 Å². The monoisotopic (exact) mass is 280 g/mol. The molecule has 1 aromatic heterocycles. The van der Waals surface area contributed by atoms with Crippen LogP contribution in [-0.2, 0) is 0 Å². The molecule has 5 heteroatoms. The minimum absolute atomic E-state index is 0.362. The molecule has 3 rings (SSSR count). The average Bonchev–Trinajstić information content (AvgIpc) is 2.96. The molecule has 96 valence electrons. The first kappa shape index (κ1) is 12.4. The van der Waals surface area contributed by atoms with Crippen molar-refractivity contribution in [3.05, 3.63) is 59.2 Å². The second-order valence-electron chi connectivity index (χ2n) is 4.23. The summed E-state index contributed by atoms with van der Waals surface area (Å²) in [6.07, 6.45) is 0. The highest BCUT2D eigenvalue weighted by molar-refractivity contribution is 6.30. The lowest BCUT2D eigenvalue weighted by Crippen LogP contribution is -1.83. The highest BCUT2D eigenvalue weighted by Crippen LogP contribution is 2.26. The molecular formula is C15H9ClN4. The summed E-state index contributed by atoms with van der Waals surface area (Å²) >= 11 is 5.99. The van der Waals surface area contributed by atoms with Crippen LogP contribution in [0.5, 0.6) is 0 Å². The molecule has 0 aliphatic rings. The standard InChI is InChI=1S/C15H9ClN4/c16-13-3-1-2-12(8-13)10-4-6-11(7-5-10)15-14(9-17)18-20-19-15/h1-8H,(H,18,19,20). The maximum absolute atomic E-state index is 8.96. The van der Waals surface area contributed by atoms with Gasteiger partial charge in [0.1, 0.15) is 11.8 Å². The fourth-order valence-electron chi connectivity index (χ4n) is 2.00. The minimum atomic E-state index is 0.362. The Kier molecular flexibility index (Phi) is 3.20. The van der Waals surface area contributed by atoms with Gasteiger partial charge in [-0.25, -0.2) is 5.10 Å². The van der Waals surface area contributed by atoms with E-state index in [2.05, 4.69) is 15.4 Å². The molecule has 4 nitrogen and oxygen atoms in total. The zero-order valence-corrected chi connectivity index (χ0v) is 11.1. The fraction of sp³-hybridized carbons (Fsp3) is 0. The Morgan fingerprint density at radius 2 is 1.75 bits per heavy atom. The van der Waals surface area contributed by atoms with Crippen LogP contribution in [0.15, 0.2) is 48.5 Å². The van der Waals surface area contributed by atoms with Crippen LogP contribution in [-0.4, -0.2) is 15.4 Å². The summed E-state index contributed by atoms with van der Waals surface area (Å²) in [6, 6.07) is 17.5. The number of aromatic amines is 1. The molecule has 1 heterocycles. The van der Waals surface area contributed by atoms with Crippen LogP contribution < -0.4 is 0 Å². The van der Waals surface area contributed by atoms with E-state index in [1.165, 1.54) is 0 Å². The van der Waals surface area contributed by atoms with Gasteiger partial charge < -0.3 is 0 Å². The third kappa shape index (κ3) is 2.27. The molecular weight excluding hydrogens is 272 g/mol. The maximum atomic E-state index is 8.96. The molecule has 0 atom stereocenters. The number of rotatable bonds is 2. The van der Waals surface area contributed by atoms with Gasteiger partial charge in [0.05, 0.1) is 0 Å². The van der Waals surface area contributed by atoms with Crippen molar-refractivity contribution in [2.24, 2.45) is 0 Å². The molecule has 0 aliphatic heterocycles. The molecule has 3 aromatic rings. The molecule has 0 amide bonds. The summed E-state index contributed by atoms with van der Waals surface area (Å²) in [5.74, 6) is 0. The second-order valence-corrected chi connectivity index (χ2v) is 4.67. The van der Waals surface area contributed by atoms with Gasteiger partial charge in [-0.05, 0) is 23.3 Å². The van der Waals surface area contributed by atoms with Crippen molar-refractivity contribution in [3.63, 3.8) is 0 Å². The Hall–Kier alpha value is -2.64. The van der Waals surface area contributed by atoms with E-state index in [1.54, 1.807) is 0 Å². The van der Waals surface area contributed by atoms with Gasteiger partial charge in [0.15, 0.2) is 5.69 Å². The number of H-pyrrole nitrogens is 1. The largest absolute Gasteiger partial charge is 0.247 e. The first-order valence-electron chi connectivity index (χ1n) is 5.95. The van der Waals surface area contributed by atoms with E-state index in [1.807, 2.05) is 54.6 Å². The number of hydrogen-bond donors (Lipinski definition) is 1. The number of benzene rings is 2. The zero-order valence-electron chi connectivity index (χ0n) is 10.3. The van der Waals surface area contributed by atoms with E-state index >= 15 is 0 Å². The van der Waals surface area contributed by atoms with E-state index < -0.39 is 0 Å². The predicted octanol–water partition coefficient (Wildman–Crippen LogP) is 3.66. The summed E-state index contributed by atoms with van der Waals surface area (Å²) in [7, 11) is 0. The highest BCUT2D eigenvalue weighted by atomic mass is 35.5. The Morgan fingerprint density at radius 1 is 1.00 bits per heavy atom. The lowest BCUT2D eigenvalue weighted by atomic mass is 10.0. The summed E-state index contributed by atoms with van der Waals surface area (Å²) in [5, 5.41) is 19.8. The first-order chi connectivity index (χ1) is 9.78. The van der Waals surface area contributed by atoms with Crippen LogP contribution in [0.3, 0.4) is 0 Å². The van der Waals surface area contributed by atoms with Gasteiger partial charge in [-0.3, -0.25) is 0 Å². The van der Waals surface area contributed by atoms with Crippen molar-refractivity contribution < 1.29 is 0 Å². The molecule has 0 unspecified atom stereocenters. The molecule has 0 saturated heterocycles. The van der Waals surface area contributed by atoms with Gasteiger partial charge in [-0.15, -0.1) is 5.10 Å². The third-order valence-electron chi connectivity index (χ3n) is 2.98. The quantitative estimate of drug-likeness (QED) is 0.779. The van der Waals surface area contributed by atoms with E-state index in [0.717, 1.165) is 16.7 Å². The smallest absolute Gasteiger partial charge is 0.163 e. The molecule has 0 aliphatic carbocycles. The Labute approximate surface area is 120 Å². The molecule has 20 heavy (non-hydrogen) atoms. The van der Waals surface area contributed by atoms with Crippen molar-refractivity contribution >= 4 is 11.6 Å². The van der Waals surface area contributed by atoms with Crippen molar-refractivity contribution in [1.29, 1.82) is 5.26 Å². The summed E-state index contributed by atoms with van der Waals surface area (Å²) in [5.41, 5.74) is 3.87. The minimum Gasteiger partial charge on any atom is -0.247 e. The van der Waals surface area contributed by atoms with E-state index in [-0.39, 0.29) is 0 Å². The van der Waals surface area contributed by atoms with Crippen molar-refractivity contribution in [1.82, 2.24) is 15.4 Å². The van der Waals surface area contributed by atoms with Gasteiger partial charge >= 0.3 is 0 Å². The van der Waals surface area contributed by atoms with E-state index in [0.29, 0.717) is 16.4 Å². The molecule has 0 radical (unpaired) electrons. The topological polar surface area (TPSA) is 65.4 Å². The number of aromatic nitrogens is 3. The lowest BCUT2D eigenvalue weighted by Gasteiger charge is -2.03. The Morgan fingerprint density at radius 3 is 2.45 bits per heavy atom. The zero-order chi connectivity index (χ0) is 13.9. The molecule has 0 fully saturated rings. The number of nitrogens with zero attached hydrogens (tertiary/aromatic N) is 3. The lowest BCUT2D eigenvalue weighted by molar-refractivity contribution is 0.937. The van der Waals surface area contributed by atoms with Gasteiger partial charge in [0.2, 0.25) is 0 Å². The first-order valence-corrected chi connectivity index (χ1v) is 6.33. The number of halogens is 1. The number of nitriles is 1. The van der Waals surface area contributed by atoms with Crippen molar-refractivity contribution in [3.8, 4) is 28.5 Å². The third-order valence-corrected chi connectivity index (χ3v) is 3.21. The highest BCUT2D eigenvalue weighted by Gasteiger charge is 2.09. The van der Waals surface area contributed by atoms with Crippen LogP contribution in [0.4, 0.5) is 0 Å². The summed E-state index contributed by atoms with van der Waals surface area (Å²) in [6.45, 7) is 0. The van der Waals surface area contributed by atoms with Gasteiger partial charge in [-0.1, -0.05) is 53.2 Å². The maximum Gasteiger partial charge on any atom is 0.163 e. The second kappa shape index (κ2) is 5.16. The molecule has 0 spiro atoms. The summed E-state index contributed by atoms with van der Waals surface area (Å²) in [4.78, 5) is 0. The van der Waals surface area contributed by atoms with Crippen LogP contribution in [0.2, 0.25) is 5.02 Å². The number of hydrogen-bond acceptors (Lipinski definition) is 3. The molecule has 0 saturated carbocycles. The average molecular weight is 281 g/mol. The van der Waals surface area contributed by atoms with Crippen molar-refractivity contribution in [2.45, 2.75) is 0 Å². The fourth-order valence-corrected chi connectivity index (χ4v) is 2.19. The normalized spacial score (nSPS) is 10.2. The van der Waals surface area contributed by atoms with Crippen LogP contribution in [0.1, 0.15) is 5.69 Å². The SMILES string of the molecule is N#Cc1[nH]nnc1-c1ccc(-c2cccc(Cl)c2)cc1. The molecule has 0 bridgehead atoms. The van der Waals surface area contributed by atoms with Gasteiger partial charge in [0.25, 0.3) is 0 Å². The molecule has 2 aromatic carbocycles. The van der Waals surface area contributed by atoms with Crippen LogP contribution in [0, 0.1) is 11.3 Å². The summed E-state index contributed by atoms with van der Waals surface area (Å²) < 4.78 is 0. The Bertz CT molecular complexity index is 784. The van der Waals surface area contributed by atoms with Crippen LogP contribution in [0.25, 0.3) is 22.4 Å². The van der Waals surface area contributed by atoms with E-state index in [9.17, 15) is 0 Å². The Balaban J connectivity index is 1.98.